The fourth-order valence-electron chi connectivity index (χ4n) is 1.69. The van der Waals surface area contributed by atoms with E-state index in [0.717, 1.165) is 0 Å². The third kappa shape index (κ3) is 8.94. The number of nitrogens with one attached hydrogen (secondary N) is 1. The van der Waals surface area contributed by atoms with Crippen molar-refractivity contribution < 1.29 is 14.6 Å². The molecule has 0 aliphatic rings. The van der Waals surface area contributed by atoms with Gasteiger partial charge in [-0.25, -0.2) is 4.79 Å². The summed E-state index contributed by atoms with van der Waals surface area (Å²) in [7, 11) is 0. The molecular weight excluding hydrogens is 268 g/mol. The summed E-state index contributed by atoms with van der Waals surface area (Å²) >= 11 is 0. The van der Waals surface area contributed by atoms with Crippen molar-refractivity contribution in [1.29, 1.82) is 0 Å². The van der Waals surface area contributed by atoms with Gasteiger partial charge in [0.1, 0.15) is 5.60 Å². The maximum Gasteiger partial charge on any atom is 0.410 e. The highest BCUT2D eigenvalue weighted by Gasteiger charge is 2.30. The SMILES string of the molecule is CC(C)C(O)CNCCN(C(=O)OC(C)(C)C)C(C)(C)C. The third-order valence-electron chi connectivity index (χ3n) is 3.06. The van der Waals surface area contributed by atoms with Gasteiger partial charge in [-0.05, 0) is 47.5 Å². The molecule has 0 aromatic carbocycles. The molecule has 0 aliphatic heterocycles. The number of rotatable bonds is 6. The second kappa shape index (κ2) is 7.99. The van der Waals surface area contributed by atoms with Crippen LogP contribution in [0.15, 0.2) is 0 Å². The van der Waals surface area contributed by atoms with E-state index >= 15 is 0 Å². The largest absolute Gasteiger partial charge is 0.444 e. The first-order chi connectivity index (χ1) is 9.34. The third-order valence-corrected chi connectivity index (χ3v) is 3.06. The van der Waals surface area contributed by atoms with Crippen LogP contribution in [0.4, 0.5) is 4.79 Å². The smallest absolute Gasteiger partial charge is 0.410 e. The molecule has 126 valence electrons. The lowest BCUT2D eigenvalue weighted by molar-refractivity contribution is 0.00641. The lowest BCUT2D eigenvalue weighted by Crippen LogP contribution is -2.50. The average molecular weight is 302 g/mol. The predicted octanol–water partition coefficient (Wildman–Crippen LogP) is 2.63. The van der Waals surface area contributed by atoms with Gasteiger partial charge in [0.25, 0.3) is 0 Å². The fraction of sp³-hybridized carbons (Fsp3) is 0.938. The van der Waals surface area contributed by atoms with E-state index in [1.54, 1.807) is 4.90 Å². The van der Waals surface area contributed by atoms with Crippen molar-refractivity contribution in [3.05, 3.63) is 0 Å². The summed E-state index contributed by atoms with van der Waals surface area (Å²) in [4.78, 5) is 14.0. The number of hydrogen-bond donors (Lipinski definition) is 2. The van der Waals surface area contributed by atoms with Crippen LogP contribution < -0.4 is 5.32 Å². The van der Waals surface area contributed by atoms with Crippen molar-refractivity contribution >= 4 is 6.09 Å². The molecule has 21 heavy (non-hydrogen) atoms. The number of aliphatic hydroxyl groups is 1. The van der Waals surface area contributed by atoms with Gasteiger partial charge in [0.15, 0.2) is 0 Å². The first-order valence-corrected chi connectivity index (χ1v) is 7.74. The highest BCUT2D eigenvalue weighted by Crippen LogP contribution is 2.17. The maximum absolute atomic E-state index is 12.3. The van der Waals surface area contributed by atoms with Crippen molar-refractivity contribution in [3.8, 4) is 0 Å². The molecule has 5 nitrogen and oxygen atoms in total. The highest BCUT2D eigenvalue weighted by molar-refractivity contribution is 5.69. The Morgan fingerprint density at radius 1 is 1.19 bits per heavy atom. The maximum atomic E-state index is 12.3. The number of amides is 1. The van der Waals surface area contributed by atoms with Crippen LogP contribution in [-0.2, 0) is 4.74 Å². The van der Waals surface area contributed by atoms with E-state index in [1.165, 1.54) is 0 Å². The van der Waals surface area contributed by atoms with Gasteiger partial charge in [-0.3, -0.25) is 0 Å². The van der Waals surface area contributed by atoms with Gasteiger partial charge >= 0.3 is 6.09 Å². The van der Waals surface area contributed by atoms with E-state index in [9.17, 15) is 9.90 Å². The molecule has 0 heterocycles. The Morgan fingerprint density at radius 2 is 1.71 bits per heavy atom. The van der Waals surface area contributed by atoms with Gasteiger partial charge in [0.05, 0.1) is 6.10 Å². The average Bonchev–Trinajstić information content (AvgIpc) is 2.23. The Morgan fingerprint density at radius 3 is 2.10 bits per heavy atom. The van der Waals surface area contributed by atoms with Crippen molar-refractivity contribution in [2.75, 3.05) is 19.6 Å². The van der Waals surface area contributed by atoms with E-state index < -0.39 is 5.60 Å². The summed E-state index contributed by atoms with van der Waals surface area (Å²) in [6, 6.07) is 0. The first kappa shape index (κ1) is 20.2. The summed E-state index contributed by atoms with van der Waals surface area (Å²) in [6.45, 7) is 17.2. The van der Waals surface area contributed by atoms with E-state index in [0.29, 0.717) is 19.6 Å². The minimum absolute atomic E-state index is 0.224. The summed E-state index contributed by atoms with van der Waals surface area (Å²) in [5.74, 6) is 0.224. The molecule has 0 radical (unpaired) electrons. The van der Waals surface area contributed by atoms with Crippen LogP contribution in [0.3, 0.4) is 0 Å². The number of aliphatic hydroxyl groups excluding tert-OH is 1. The Balaban J connectivity index is 4.43. The molecule has 0 aliphatic carbocycles. The molecule has 0 aromatic rings. The Hall–Kier alpha value is -0.810. The lowest BCUT2D eigenvalue weighted by atomic mass is 10.1. The molecule has 2 N–H and O–H groups in total. The molecule has 0 bridgehead atoms. The summed E-state index contributed by atoms with van der Waals surface area (Å²) in [5, 5.41) is 12.9. The van der Waals surface area contributed by atoms with Crippen LogP contribution in [0.1, 0.15) is 55.4 Å². The number of carbonyl (C=O) groups is 1. The van der Waals surface area contributed by atoms with Crippen LogP contribution >= 0.6 is 0 Å². The number of hydrogen-bond acceptors (Lipinski definition) is 4. The molecule has 0 fully saturated rings. The number of ether oxygens (including phenoxy) is 1. The quantitative estimate of drug-likeness (QED) is 0.740. The van der Waals surface area contributed by atoms with E-state index in [2.05, 4.69) is 5.32 Å². The second-order valence-corrected chi connectivity index (χ2v) is 7.82. The monoisotopic (exact) mass is 302 g/mol. The first-order valence-electron chi connectivity index (χ1n) is 7.74. The summed E-state index contributed by atoms with van der Waals surface area (Å²) < 4.78 is 5.45. The molecule has 0 aromatic heterocycles. The minimum atomic E-state index is -0.498. The van der Waals surface area contributed by atoms with Gasteiger partial charge in [-0.2, -0.15) is 0 Å². The Labute approximate surface area is 130 Å². The molecule has 0 rings (SSSR count). The zero-order chi connectivity index (χ0) is 16.8. The van der Waals surface area contributed by atoms with Gasteiger partial charge in [0, 0.05) is 25.2 Å². The van der Waals surface area contributed by atoms with Crippen LogP contribution in [-0.4, -0.2) is 53.0 Å². The molecule has 1 amide bonds. The topological polar surface area (TPSA) is 61.8 Å². The molecule has 0 spiro atoms. The molecule has 1 unspecified atom stereocenters. The van der Waals surface area contributed by atoms with Gasteiger partial charge < -0.3 is 20.1 Å². The van der Waals surface area contributed by atoms with Crippen molar-refractivity contribution in [1.82, 2.24) is 10.2 Å². The standard InChI is InChI=1S/C16H34N2O3/c1-12(2)13(19)11-17-9-10-18(15(3,4)5)14(20)21-16(6,7)8/h12-13,17,19H,9-11H2,1-8H3. The normalized spacial score (nSPS) is 14.2. The number of carbonyl (C=O) groups excluding carboxylic acids is 1. The number of nitrogens with zero attached hydrogens (tertiary/aromatic N) is 1. The van der Waals surface area contributed by atoms with Gasteiger partial charge in [0.2, 0.25) is 0 Å². The molecular formula is C16H34N2O3. The molecule has 5 heteroatoms. The zero-order valence-electron chi connectivity index (χ0n) is 15.0. The zero-order valence-corrected chi connectivity index (χ0v) is 15.0. The van der Waals surface area contributed by atoms with E-state index in [4.69, 9.17) is 4.74 Å². The fourth-order valence-corrected chi connectivity index (χ4v) is 1.69. The van der Waals surface area contributed by atoms with Crippen LogP contribution in [0, 0.1) is 5.92 Å². The molecule has 0 saturated heterocycles. The highest BCUT2D eigenvalue weighted by atomic mass is 16.6. The van der Waals surface area contributed by atoms with Gasteiger partial charge in [-0.1, -0.05) is 13.8 Å². The lowest BCUT2D eigenvalue weighted by Gasteiger charge is -2.37. The predicted molar refractivity (Wildman–Crippen MR) is 86.4 cm³/mol. The molecule has 1 atom stereocenters. The second-order valence-electron chi connectivity index (χ2n) is 7.82. The van der Waals surface area contributed by atoms with Crippen molar-refractivity contribution in [3.63, 3.8) is 0 Å². The Bertz CT molecular complexity index is 316. The van der Waals surface area contributed by atoms with Crippen LogP contribution in [0.5, 0.6) is 0 Å². The summed E-state index contributed by atoms with van der Waals surface area (Å²) in [5.41, 5.74) is -0.803. The van der Waals surface area contributed by atoms with Crippen molar-refractivity contribution in [2.24, 2.45) is 5.92 Å². The van der Waals surface area contributed by atoms with Crippen LogP contribution in [0.2, 0.25) is 0 Å². The van der Waals surface area contributed by atoms with E-state index in [1.807, 2.05) is 55.4 Å². The minimum Gasteiger partial charge on any atom is -0.444 e. The van der Waals surface area contributed by atoms with Crippen LogP contribution in [0.25, 0.3) is 0 Å². The van der Waals surface area contributed by atoms with E-state index in [-0.39, 0.29) is 23.7 Å². The van der Waals surface area contributed by atoms with Gasteiger partial charge in [-0.15, -0.1) is 0 Å². The Kier molecular flexibility index (Phi) is 7.68. The van der Waals surface area contributed by atoms with Crippen molar-refractivity contribution in [2.45, 2.75) is 72.6 Å². The summed E-state index contributed by atoms with van der Waals surface area (Å²) in [6.07, 6.45) is -0.671. The molecule has 0 saturated carbocycles.